The van der Waals surface area contributed by atoms with Gasteiger partial charge >= 0.3 is 0 Å². The number of hydrogen-bond donors (Lipinski definition) is 2. The number of anilines is 1. The van der Waals surface area contributed by atoms with E-state index in [4.69, 9.17) is 5.21 Å². The van der Waals surface area contributed by atoms with Gasteiger partial charge in [0, 0.05) is 36.5 Å². The van der Waals surface area contributed by atoms with E-state index in [1.165, 1.54) is 22.1 Å². The molecule has 0 radical (unpaired) electrons. The smallest absolute Gasteiger partial charge is 0.267 e. The predicted molar refractivity (Wildman–Crippen MR) is 79.7 cm³/mol. The Morgan fingerprint density at radius 1 is 1.32 bits per heavy atom. The zero-order chi connectivity index (χ0) is 14.1. The van der Waals surface area contributed by atoms with Crippen LogP contribution in [0.15, 0.2) is 53.5 Å². The highest BCUT2D eigenvalue weighted by atomic mass is 32.2. The number of allylic oxidation sites excluding steroid dienone is 2. The van der Waals surface area contributed by atoms with Gasteiger partial charge < -0.3 is 4.90 Å². The summed E-state index contributed by atoms with van der Waals surface area (Å²) in [7, 11) is 4.03. The first-order valence-electron chi connectivity index (χ1n) is 5.81. The first-order valence-corrected chi connectivity index (χ1v) is 6.79. The molecule has 0 aromatic heterocycles. The normalized spacial score (nSPS) is 11.1. The van der Waals surface area contributed by atoms with E-state index in [9.17, 15) is 4.79 Å². The van der Waals surface area contributed by atoms with E-state index in [1.807, 2.05) is 20.2 Å². The van der Waals surface area contributed by atoms with Crippen LogP contribution in [0, 0.1) is 0 Å². The molecule has 0 spiro atoms. The van der Waals surface area contributed by atoms with Gasteiger partial charge in [0.05, 0.1) is 0 Å². The maximum Gasteiger partial charge on any atom is 0.267 e. The molecule has 1 rings (SSSR count). The minimum atomic E-state index is -0.531. The Bertz CT molecular complexity index is 453. The average molecular weight is 278 g/mol. The number of rotatable bonds is 6. The van der Waals surface area contributed by atoms with Crippen molar-refractivity contribution in [2.24, 2.45) is 0 Å². The lowest BCUT2D eigenvalue weighted by molar-refractivity contribution is -0.124. The van der Waals surface area contributed by atoms with Crippen molar-refractivity contribution in [3.63, 3.8) is 0 Å². The molecule has 2 N–H and O–H groups in total. The van der Waals surface area contributed by atoms with E-state index in [1.54, 1.807) is 23.9 Å². The average Bonchev–Trinajstić information content (AvgIpc) is 2.42. The summed E-state index contributed by atoms with van der Waals surface area (Å²) in [6, 6.07) is 8.33. The van der Waals surface area contributed by atoms with Crippen molar-refractivity contribution in [3.05, 3.63) is 48.6 Å². The Morgan fingerprint density at radius 2 is 2.00 bits per heavy atom. The predicted octanol–water partition coefficient (Wildman–Crippen LogP) is 2.46. The molecule has 5 heteroatoms. The van der Waals surface area contributed by atoms with E-state index in [0.717, 1.165) is 5.75 Å². The van der Waals surface area contributed by atoms with Crippen LogP contribution in [0.1, 0.15) is 0 Å². The molecule has 102 valence electrons. The minimum absolute atomic E-state index is 0.531. The van der Waals surface area contributed by atoms with Crippen molar-refractivity contribution in [1.82, 2.24) is 5.48 Å². The molecule has 0 aliphatic rings. The number of nitrogens with one attached hydrogen (secondary N) is 1. The maximum atomic E-state index is 10.7. The highest BCUT2D eigenvalue weighted by Crippen LogP contribution is 2.21. The summed E-state index contributed by atoms with van der Waals surface area (Å²) >= 11 is 1.72. The zero-order valence-corrected chi connectivity index (χ0v) is 11.9. The lowest BCUT2D eigenvalue weighted by Gasteiger charge is -2.12. The lowest BCUT2D eigenvalue weighted by Crippen LogP contribution is -2.14. The molecule has 0 aliphatic carbocycles. The van der Waals surface area contributed by atoms with Crippen molar-refractivity contribution in [2.45, 2.75) is 4.90 Å². The first kappa shape index (κ1) is 15.3. The van der Waals surface area contributed by atoms with Gasteiger partial charge in [-0.05, 0) is 24.3 Å². The van der Waals surface area contributed by atoms with Crippen LogP contribution >= 0.6 is 11.8 Å². The summed E-state index contributed by atoms with van der Waals surface area (Å²) in [5.74, 6) is 0.295. The van der Waals surface area contributed by atoms with Crippen molar-refractivity contribution in [1.29, 1.82) is 0 Å². The van der Waals surface area contributed by atoms with E-state index >= 15 is 0 Å². The molecule has 1 aromatic rings. The molecule has 19 heavy (non-hydrogen) atoms. The van der Waals surface area contributed by atoms with Gasteiger partial charge in [0.1, 0.15) is 0 Å². The molecular formula is C14H18N2O2S. The molecule has 4 nitrogen and oxygen atoms in total. The van der Waals surface area contributed by atoms with Crippen LogP contribution < -0.4 is 10.4 Å². The highest BCUT2D eigenvalue weighted by molar-refractivity contribution is 7.99. The Kier molecular flexibility index (Phi) is 6.78. The molecule has 0 saturated carbocycles. The number of benzene rings is 1. The van der Waals surface area contributed by atoms with Crippen molar-refractivity contribution >= 4 is 23.4 Å². The second kappa shape index (κ2) is 8.39. The first-order chi connectivity index (χ1) is 9.13. The van der Waals surface area contributed by atoms with Crippen molar-refractivity contribution < 1.29 is 10.0 Å². The number of hydroxylamine groups is 1. The third-order valence-electron chi connectivity index (χ3n) is 2.30. The van der Waals surface area contributed by atoms with E-state index in [2.05, 4.69) is 29.2 Å². The number of amides is 1. The molecule has 0 atom stereocenters. The van der Waals surface area contributed by atoms with Gasteiger partial charge in [-0.3, -0.25) is 10.0 Å². The van der Waals surface area contributed by atoms with Gasteiger partial charge in [0.25, 0.3) is 5.91 Å². The Labute approximate surface area is 117 Å². The highest BCUT2D eigenvalue weighted by Gasteiger charge is 1.95. The standard InChI is InChI=1S/C14H18N2O2S/c1-16(2)12-7-9-13(10-8-12)19-11-5-3-4-6-14(17)15-18/h3-10,18H,11H2,1-2H3,(H,15,17). The fourth-order valence-corrected chi connectivity index (χ4v) is 2.03. The molecule has 0 aliphatic heterocycles. The van der Waals surface area contributed by atoms with Gasteiger partial charge in [-0.2, -0.15) is 0 Å². The van der Waals surface area contributed by atoms with E-state index in [-0.39, 0.29) is 0 Å². The molecule has 1 amide bonds. The largest absolute Gasteiger partial charge is 0.378 e. The number of carbonyl (C=O) groups is 1. The maximum absolute atomic E-state index is 10.7. The van der Waals surface area contributed by atoms with Gasteiger partial charge in [0.2, 0.25) is 0 Å². The summed E-state index contributed by atoms with van der Waals surface area (Å²) in [6.45, 7) is 0. The Morgan fingerprint density at radius 3 is 2.58 bits per heavy atom. The van der Waals surface area contributed by atoms with Gasteiger partial charge in [0.15, 0.2) is 0 Å². The molecule has 0 heterocycles. The second-order valence-corrected chi connectivity index (χ2v) is 5.06. The molecular weight excluding hydrogens is 260 g/mol. The number of carbonyl (C=O) groups excluding carboxylic acids is 1. The van der Waals surface area contributed by atoms with Crippen LogP contribution in [0.2, 0.25) is 0 Å². The van der Waals surface area contributed by atoms with Crippen LogP contribution in [0.25, 0.3) is 0 Å². The third-order valence-corrected chi connectivity index (χ3v) is 3.27. The zero-order valence-electron chi connectivity index (χ0n) is 11.0. The van der Waals surface area contributed by atoms with Crippen LogP contribution in [-0.2, 0) is 4.79 Å². The fourth-order valence-electron chi connectivity index (χ4n) is 1.30. The van der Waals surface area contributed by atoms with Gasteiger partial charge in [-0.1, -0.05) is 18.2 Å². The molecule has 0 bridgehead atoms. The van der Waals surface area contributed by atoms with Crippen LogP contribution in [0.5, 0.6) is 0 Å². The summed E-state index contributed by atoms with van der Waals surface area (Å²) < 4.78 is 0. The van der Waals surface area contributed by atoms with E-state index in [0.29, 0.717) is 0 Å². The summed E-state index contributed by atoms with van der Waals surface area (Å²) in [4.78, 5) is 13.9. The van der Waals surface area contributed by atoms with Crippen LogP contribution in [0.3, 0.4) is 0 Å². The quantitative estimate of drug-likeness (QED) is 0.276. The lowest BCUT2D eigenvalue weighted by atomic mass is 10.3. The van der Waals surface area contributed by atoms with Crippen LogP contribution in [-0.4, -0.2) is 31.0 Å². The van der Waals surface area contributed by atoms with Crippen molar-refractivity contribution in [2.75, 3.05) is 24.7 Å². The topological polar surface area (TPSA) is 52.6 Å². The fraction of sp³-hybridized carbons (Fsp3) is 0.214. The number of thioether (sulfide) groups is 1. The van der Waals surface area contributed by atoms with E-state index < -0.39 is 5.91 Å². The Hall–Kier alpha value is -1.72. The molecule has 0 fully saturated rings. The van der Waals surface area contributed by atoms with Gasteiger partial charge in [-0.15, -0.1) is 11.8 Å². The van der Waals surface area contributed by atoms with Crippen LogP contribution in [0.4, 0.5) is 5.69 Å². The molecule has 0 saturated heterocycles. The van der Waals surface area contributed by atoms with Crippen molar-refractivity contribution in [3.8, 4) is 0 Å². The molecule has 1 aromatic carbocycles. The third kappa shape index (κ3) is 6.13. The summed E-state index contributed by atoms with van der Waals surface area (Å²) in [5, 5.41) is 8.27. The van der Waals surface area contributed by atoms with Gasteiger partial charge in [-0.25, -0.2) is 5.48 Å². The number of nitrogens with zero attached hydrogens (tertiary/aromatic N) is 1. The SMILES string of the molecule is CN(C)c1ccc(SCC=CC=CC(=O)NO)cc1. The Balaban J connectivity index is 2.35. The minimum Gasteiger partial charge on any atom is -0.378 e. The second-order valence-electron chi connectivity index (χ2n) is 3.96. The molecule has 0 unspecified atom stereocenters. The monoisotopic (exact) mass is 278 g/mol. The summed E-state index contributed by atoms with van der Waals surface area (Å²) in [6.07, 6.45) is 6.57. The number of hydrogen-bond acceptors (Lipinski definition) is 4. The summed E-state index contributed by atoms with van der Waals surface area (Å²) in [5.41, 5.74) is 2.71.